The zero-order valence-electron chi connectivity index (χ0n) is 14.7. The topological polar surface area (TPSA) is 158 Å². The first-order chi connectivity index (χ1) is 13.5. The van der Waals surface area contributed by atoms with Crippen LogP contribution in [0.5, 0.6) is 0 Å². The Morgan fingerprint density at radius 2 is 1.90 bits per heavy atom. The Kier molecular flexibility index (Phi) is 4.64. The maximum atomic E-state index is 14.5. The molecule has 12 heteroatoms. The van der Waals surface area contributed by atoms with Gasteiger partial charge in [-0.2, -0.15) is 0 Å². The van der Waals surface area contributed by atoms with E-state index in [4.69, 9.17) is 11.6 Å². The number of halogens is 2. The molecule has 0 fully saturated rings. The number of hydrazine groups is 1. The number of nitro benzene ring substituents is 1. The van der Waals surface area contributed by atoms with E-state index < -0.39 is 44.9 Å². The van der Waals surface area contributed by atoms with Gasteiger partial charge in [0.2, 0.25) is 5.43 Å². The van der Waals surface area contributed by atoms with Gasteiger partial charge in [-0.1, -0.05) is 0 Å². The molecule has 0 saturated carbocycles. The van der Waals surface area contributed by atoms with Crippen molar-refractivity contribution in [3.8, 4) is 5.69 Å². The van der Waals surface area contributed by atoms with Crippen LogP contribution in [0.15, 0.2) is 35.3 Å². The molecule has 0 amide bonds. The molecule has 0 aliphatic carbocycles. The number of fused-ring (bicyclic) bond motifs is 1. The largest absolute Gasteiger partial charge is 0.477 e. The molecule has 0 atom stereocenters. The van der Waals surface area contributed by atoms with Gasteiger partial charge in [-0.05, 0) is 12.1 Å². The number of pyridine rings is 1. The lowest BCUT2D eigenvalue weighted by Crippen LogP contribution is -2.26. The maximum absolute atomic E-state index is 14.5. The van der Waals surface area contributed by atoms with Gasteiger partial charge in [0.15, 0.2) is 0 Å². The molecule has 0 aliphatic rings. The number of aromatic nitrogens is 1. The number of carboxylic acid groups (broad SMARTS) is 1. The van der Waals surface area contributed by atoms with Crippen molar-refractivity contribution in [2.45, 2.75) is 0 Å². The molecule has 3 rings (SSSR count). The third-order valence-corrected chi connectivity index (χ3v) is 4.23. The monoisotopic (exact) mass is 405 g/mol. The molecule has 150 valence electrons. The summed E-state index contributed by atoms with van der Waals surface area (Å²) in [5.41, 5.74) is 2.12. The van der Waals surface area contributed by atoms with Crippen LogP contribution in [-0.2, 0) is 0 Å². The average Bonchev–Trinajstić information content (AvgIpc) is 2.64. The molecule has 0 bridgehead atoms. The second kappa shape index (κ2) is 6.83. The van der Waals surface area contributed by atoms with Gasteiger partial charge < -0.3 is 20.4 Å². The minimum atomic E-state index is -1.64. The second-order valence-corrected chi connectivity index (χ2v) is 6.10. The lowest BCUT2D eigenvalue weighted by Gasteiger charge is -2.17. The van der Waals surface area contributed by atoms with Crippen LogP contribution in [0.2, 0.25) is 0 Å². The summed E-state index contributed by atoms with van der Waals surface area (Å²) in [7, 11) is 1.30. The van der Waals surface area contributed by atoms with Gasteiger partial charge in [0, 0.05) is 25.4 Å². The van der Waals surface area contributed by atoms with Crippen molar-refractivity contribution in [3.05, 3.63) is 68.0 Å². The molecule has 2 aromatic carbocycles. The van der Waals surface area contributed by atoms with Gasteiger partial charge in [0.1, 0.15) is 22.9 Å². The highest BCUT2D eigenvalue weighted by molar-refractivity contribution is 5.96. The second-order valence-electron chi connectivity index (χ2n) is 6.10. The molecule has 1 heterocycles. The Morgan fingerprint density at radius 1 is 1.24 bits per heavy atom. The summed E-state index contributed by atoms with van der Waals surface area (Å²) in [4.78, 5) is 34.6. The predicted molar refractivity (Wildman–Crippen MR) is 100 cm³/mol. The van der Waals surface area contributed by atoms with E-state index in [0.717, 1.165) is 34.0 Å². The number of carboxylic acids is 1. The molecule has 0 unspecified atom stereocenters. The summed E-state index contributed by atoms with van der Waals surface area (Å²) in [5, 5.41) is 21.2. The summed E-state index contributed by atoms with van der Waals surface area (Å²) >= 11 is 0. The van der Waals surface area contributed by atoms with Crippen molar-refractivity contribution in [2.24, 2.45) is 5.84 Å². The Bertz CT molecular complexity index is 1260. The summed E-state index contributed by atoms with van der Waals surface area (Å²) in [6.45, 7) is 0. The van der Waals surface area contributed by atoms with Crippen molar-refractivity contribution >= 4 is 33.9 Å². The van der Waals surface area contributed by atoms with Crippen LogP contribution in [-0.4, -0.2) is 27.6 Å². The molecule has 0 radical (unpaired) electrons. The van der Waals surface area contributed by atoms with Gasteiger partial charge in [-0.3, -0.25) is 14.9 Å². The van der Waals surface area contributed by atoms with E-state index in [1.807, 2.05) is 0 Å². The lowest BCUT2D eigenvalue weighted by molar-refractivity contribution is -0.384. The van der Waals surface area contributed by atoms with E-state index >= 15 is 0 Å². The van der Waals surface area contributed by atoms with E-state index in [1.165, 1.54) is 7.05 Å². The number of anilines is 2. The van der Waals surface area contributed by atoms with Crippen molar-refractivity contribution in [3.63, 3.8) is 0 Å². The van der Waals surface area contributed by atoms with Gasteiger partial charge in [0.05, 0.1) is 27.2 Å². The molecule has 10 nitrogen and oxygen atoms in total. The number of aromatic carboxylic acids is 1. The zero-order chi connectivity index (χ0) is 21.6. The molecule has 1 aromatic heterocycles. The molecular weight excluding hydrogens is 392 g/mol. The number of nitrogens with two attached hydrogens (primary N) is 2. The third-order valence-electron chi connectivity index (χ3n) is 4.23. The highest BCUT2D eigenvalue weighted by Gasteiger charge is 2.24. The number of nitro groups is 1. The molecule has 0 spiro atoms. The van der Waals surface area contributed by atoms with Crippen LogP contribution in [0, 0.1) is 21.7 Å². The minimum absolute atomic E-state index is 0.0946. The summed E-state index contributed by atoms with van der Waals surface area (Å²) in [6.07, 6.45) is 0.828. The molecule has 5 N–H and O–H groups in total. The predicted octanol–water partition coefficient (Wildman–Crippen LogP) is 1.77. The Morgan fingerprint density at radius 3 is 2.45 bits per heavy atom. The van der Waals surface area contributed by atoms with Crippen LogP contribution in [0.4, 0.5) is 25.8 Å². The number of benzene rings is 2. The van der Waals surface area contributed by atoms with Crippen molar-refractivity contribution in [2.75, 3.05) is 17.8 Å². The van der Waals surface area contributed by atoms with Gasteiger partial charge in [-0.15, -0.1) is 0 Å². The maximum Gasteiger partial charge on any atom is 0.341 e. The summed E-state index contributed by atoms with van der Waals surface area (Å²) in [5.74, 6) is 1.86. The fraction of sp³-hybridized carbons (Fsp3) is 0.0588. The highest BCUT2D eigenvalue weighted by Crippen LogP contribution is 2.32. The molecule has 0 aliphatic heterocycles. The highest BCUT2D eigenvalue weighted by atomic mass is 19.1. The van der Waals surface area contributed by atoms with Crippen molar-refractivity contribution < 1.29 is 23.6 Å². The molecule has 29 heavy (non-hydrogen) atoms. The van der Waals surface area contributed by atoms with E-state index in [2.05, 4.69) is 0 Å². The van der Waals surface area contributed by atoms with E-state index in [0.29, 0.717) is 6.07 Å². The average molecular weight is 405 g/mol. The minimum Gasteiger partial charge on any atom is -0.477 e. The number of carbonyl (C=O) groups is 1. The Hall–Kier alpha value is -4.06. The summed E-state index contributed by atoms with van der Waals surface area (Å²) < 4.78 is 29.0. The normalized spacial score (nSPS) is 10.9. The lowest BCUT2D eigenvalue weighted by atomic mass is 10.1. The van der Waals surface area contributed by atoms with Crippen LogP contribution < -0.4 is 22.0 Å². The van der Waals surface area contributed by atoms with Crippen LogP contribution in [0.25, 0.3) is 16.6 Å². The fourth-order valence-corrected chi connectivity index (χ4v) is 2.87. The van der Waals surface area contributed by atoms with Crippen LogP contribution >= 0.6 is 0 Å². The van der Waals surface area contributed by atoms with Gasteiger partial charge in [0.25, 0.3) is 5.69 Å². The number of hydrogen-bond acceptors (Lipinski definition) is 7. The van der Waals surface area contributed by atoms with Crippen LogP contribution in [0.3, 0.4) is 0 Å². The Labute approximate surface area is 160 Å². The van der Waals surface area contributed by atoms with E-state index in [9.17, 15) is 33.6 Å². The molecule has 3 aromatic rings. The van der Waals surface area contributed by atoms with Gasteiger partial charge >= 0.3 is 5.97 Å². The SMILES string of the molecule is CN(N)c1cc2c(cc1[N+](=O)[O-])c(=O)c(C(=O)O)cn2-c1cc(N)c(F)cc1F. The third kappa shape index (κ3) is 3.21. The number of hydrogen-bond donors (Lipinski definition) is 3. The number of rotatable bonds is 4. The number of nitrogen functional groups attached to an aromatic ring is 1. The molecule has 0 saturated heterocycles. The standard InChI is InChI=1S/C17H13F2N5O5/c1-22(21)14-5-12-7(2-15(14)24(28)29)16(25)8(17(26)27)6-23(12)13-4-11(20)9(18)3-10(13)19/h2-6H,20-21H2,1H3,(H,26,27). The quantitative estimate of drug-likeness (QED) is 0.256. The first-order valence-corrected chi connectivity index (χ1v) is 7.87. The summed E-state index contributed by atoms with van der Waals surface area (Å²) in [6, 6.07) is 3.38. The van der Waals surface area contributed by atoms with E-state index in [-0.39, 0.29) is 22.3 Å². The van der Waals surface area contributed by atoms with Crippen molar-refractivity contribution in [1.29, 1.82) is 0 Å². The first-order valence-electron chi connectivity index (χ1n) is 7.87. The Balaban J connectivity index is 2.56. The first kappa shape index (κ1) is 19.7. The zero-order valence-corrected chi connectivity index (χ0v) is 14.7. The van der Waals surface area contributed by atoms with E-state index in [1.54, 1.807) is 0 Å². The number of nitrogens with zero attached hydrogens (tertiary/aromatic N) is 3. The van der Waals surface area contributed by atoms with Crippen LogP contribution in [0.1, 0.15) is 10.4 Å². The van der Waals surface area contributed by atoms with Crippen molar-refractivity contribution in [1.82, 2.24) is 4.57 Å². The molecular formula is C17H13F2N5O5. The smallest absolute Gasteiger partial charge is 0.341 e. The van der Waals surface area contributed by atoms with Gasteiger partial charge in [-0.25, -0.2) is 19.4 Å². The fourth-order valence-electron chi connectivity index (χ4n) is 2.87.